The Kier molecular flexibility index (Phi) is 6.20. The highest BCUT2D eigenvalue weighted by molar-refractivity contribution is 7.88. The molecule has 2 N–H and O–H groups in total. The number of sulfonamides is 1. The number of halogens is 2. The number of piperidine rings is 1. The number of aromatic amines is 1. The molecule has 0 unspecified atom stereocenters. The molecule has 1 aliphatic heterocycles. The summed E-state index contributed by atoms with van der Waals surface area (Å²) < 4.78 is 45.0. The quantitative estimate of drug-likeness (QED) is 0.369. The molecule has 13 heteroatoms. The first-order valence-electron chi connectivity index (χ1n) is 11.0. The highest BCUT2D eigenvalue weighted by Gasteiger charge is 2.27. The van der Waals surface area contributed by atoms with E-state index >= 15 is 0 Å². The number of rotatable bonds is 6. The first-order valence-corrected chi connectivity index (χ1v) is 13.3. The molecular weight excluding hydrogens is 497 g/mol. The molecule has 1 saturated heterocycles. The molecule has 0 saturated carbocycles. The van der Waals surface area contributed by atoms with Crippen molar-refractivity contribution in [1.82, 2.24) is 29.2 Å². The number of ether oxygens (including phenoxy) is 1. The highest BCUT2D eigenvalue weighted by atomic mass is 35.5. The lowest BCUT2D eigenvalue weighted by Crippen LogP contribution is -2.41. The lowest BCUT2D eigenvalue weighted by Gasteiger charge is -2.30. The Morgan fingerprint density at radius 2 is 2.03 bits per heavy atom. The monoisotopic (exact) mass is 519 g/mol. The first-order chi connectivity index (χ1) is 16.7. The second-order valence-corrected chi connectivity index (χ2v) is 10.9. The summed E-state index contributed by atoms with van der Waals surface area (Å²) in [4.78, 5) is 19.2. The van der Waals surface area contributed by atoms with E-state index in [1.807, 2.05) is 25.1 Å². The fourth-order valence-electron chi connectivity index (χ4n) is 4.19. The molecule has 0 spiro atoms. The fourth-order valence-corrected chi connectivity index (χ4v) is 5.32. The Balaban J connectivity index is 1.44. The lowest BCUT2D eigenvalue weighted by atomic mass is 10.1. The average Bonchev–Trinajstić information content (AvgIpc) is 3.20. The average molecular weight is 520 g/mol. The van der Waals surface area contributed by atoms with Gasteiger partial charge in [0.05, 0.1) is 28.4 Å². The number of fused-ring (bicyclic) bond motifs is 2. The van der Waals surface area contributed by atoms with Crippen molar-refractivity contribution in [3.8, 4) is 5.88 Å². The Morgan fingerprint density at radius 3 is 2.77 bits per heavy atom. The summed E-state index contributed by atoms with van der Waals surface area (Å²) in [5.41, 5.74) is 1.24. The Labute approximate surface area is 206 Å². The van der Waals surface area contributed by atoms with Crippen LogP contribution in [0.4, 0.5) is 10.2 Å². The van der Waals surface area contributed by atoms with Crippen LogP contribution in [-0.2, 0) is 10.0 Å². The maximum Gasteiger partial charge on any atom is 0.289 e. The topological polar surface area (TPSA) is 126 Å². The van der Waals surface area contributed by atoms with Crippen LogP contribution in [0.15, 0.2) is 30.6 Å². The minimum absolute atomic E-state index is 0.201. The molecule has 4 heterocycles. The molecular formula is C22H23ClFN7O3S. The third-order valence-corrected chi connectivity index (χ3v) is 7.62. The standard InChI is InChI=1S/C22H23ClFN7O3S/c1-12(27-19-18-20(26-11-25-19)30-22(24)29-18)16-10-13-4-3-5-15(23)17(13)21(28-16)34-14-6-8-31(9-7-14)35(2,32)33/h3-5,10-12,14H,6-9H2,1-2H3,(H2,25,26,27,29,30)/t12-/m0/s1. The number of hydrogen-bond donors (Lipinski definition) is 2. The van der Waals surface area contributed by atoms with Crippen LogP contribution in [0.5, 0.6) is 5.88 Å². The molecule has 0 amide bonds. The first kappa shape index (κ1) is 23.6. The molecule has 35 heavy (non-hydrogen) atoms. The van der Waals surface area contributed by atoms with Gasteiger partial charge in [-0.1, -0.05) is 23.7 Å². The predicted molar refractivity (Wildman–Crippen MR) is 130 cm³/mol. The van der Waals surface area contributed by atoms with Gasteiger partial charge >= 0.3 is 0 Å². The van der Waals surface area contributed by atoms with Crippen molar-refractivity contribution in [2.75, 3.05) is 24.7 Å². The van der Waals surface area contributed by atoms with E-state index in [0.717, 1.165) is 5.39 Å². The number of pyridine rings is 1. The molecule has 3 aromatic heterocycles. The number of benzene rings is 1. The smallest absolute Gasteiger partial charge is 0.289 e. The molecule has 5 rings (SSSR count). The van der Waals surface area contributed by atoms with Crippen LogP contribution in [-0.4, -0.2) is 63.1 Å². The summed E-state index contributed by atoms with van der Waals surface area (Å²) in [6.45, 7) is 2.67. The van der Waals surface area contributed by atoms with Crippen LogP contribution in [0.2, 0.25) is 5.02 Å². The maximum absolute atomic E-state index is 13.6. The largest absolute Gasteiger partial charge is 0.474 e. The molecule has 1 aliphatic rings. The maximum atomic E-state index is 13.6. The van der Waals surface area contributed by atoms with E-state index in [0.29, 0.717) is 59.2 Å². The third-order valence-electron chi connectivity index (χ3n) is 6.00. The van der Waals surface area contributed by atoms with E-state index in [4.69, 9.17) is 21.3 Å². The van der Waals surface area contributed by atoms with Gasteiger partial charge in [-0.15, -0.1) is 0 Å². The van der Waals surface area contributed by atoms with Crippen molar-refractivity contribution in [2.45, 2.75) is 31.9 Å². The van der Waals surface area contributed by atoms with E-state index in [1.165, 1.54) is 16.9 Å². The van der Waals surface area contributed by atoms with Crippen LogP contribution in [0.25, 0.3) is 21.9 Å². The summed E-state index contributed by atoms with van der Waals surface area (Å²) in [5.74, 6) is 0.775. The van der Waals surface area contributed by atoms with Crippen molar-refractivity contribution in [3.63, 3.8) is 0 Å². The zero-order chi connectivity index (χ0) is 24.7. The predicted octanol–water partition coefficient (Wildman–Crippen LogP) is 3.67. The number of anilines is 1. The highest BCUT2D eigenvalue weighted by Crippen LogP contribution is 2.35. The zero-order valence-corrected chi connectivity index (χ0v) is 20.6. The van der Waals surface area contributed by atoms with Gasteiger partial charge < -0.3 is 15.0 Å². The summed E-state index contributed by atoms with van der Waals surface area (Å²) in [6.07, 6.45) is 2.67. The number of hydrogen-bond acceptors (Lipinski definition) is 8. The Bertz CT molecular complexity index is 1510. The molecule has 184 valence electrons. The number of nitrogens with zero attached hydrogens (tertiary/aromatic N) is 5. The molecule has 1 aromatic carbocycles. The van der Waals surface area contributed by atoms with E-state index < -0.39 is 16.1 Å². The summed E-state index contributed by atoms with van der Waals surface area (Å²) in [5, 5.41) is 5.28. The van der Waals surface area contributed by atoms with Gasteiger partial charge in [0.25, 0.3) is 6.08 Å². The molecule has 0 bridgehead atoms. The Hall–Kier alpha value is -3.09. The number of H-pyrrole nitrogens is 1. The fraction of sp³-hybridized carbons (Fsp3) is 0.364. The van der Waals surface area contributed by atoms with Crippen LogP contribution in [0, 0.1) is 6.08 Å². The van der Waals surface area contributed by atoms with E-state index in [-0.39, 0.29) is 17.8 Å². The molecule has 0 radical (unpaired) electrons. The second-order valence-electron chi connectivity index (χ2n) is 8.48. The molecule has 4 aromatic rings. The number of aromatic nitrogens is 5. The van der Waals surface area contributed by atoms with E-state index in [2.05, 4.69) is 25.3 Å². The van der Waals surface area contributed by atoms with Gasteiger partial charge in [0.2, 0.25) is 15.9 Å². The zero-order valence-electron chi connectivity index (χ0n) is 19.0. The number of imidazole rings is 1. The van der Waals surface area contributed by atoms with Crippen LogP contribution < -0.4 is 10.1 Å². The summed E-state index contributed by atoms with van der Waals surface area (Å²) >= 11 is 6.51. The van der Waals surface area contributed by atoms with Gasteiger partial charge in [-0.2, -0.15) is 9.37 Å². The third kappa shape index (κ3) is 4.86. The van der Waals surface area contributed by atoms with Gasteiger partial charge in [-0.3, -0.25) is 0 Å². The van der Waals surface area contributed by atoms with Crippen LogP contribution in [0.3, 0.4) is 0 Å². The Morgan fingerprint density at radius 1 is 1.26 bits per heavy atom. The second kappa shape index (κ2) is 9.17. The van der Waals surface area contributed by atoms with Gasteiger partial charge in [0.15, 0.2) is 11.5 Å². The molecule has 1 fully saturated rings. The summed E-state index contributed by atoms with van der Waals surface area (Å²) in [7, 11) is -3.23. The van der Waals surface area contributed by atoms with Crippen molar-refractivity contribution in [1.29, 1.82) is 0 Å². The van der Waals surface area contributed by atoms with Crippen molar-refractivity contribution < 1.29 is 17.5 Å². The molecule has 1 atom stereocenters. The van der Waals surface area contributed by atoms with Gasteiger partial charge in [0.1, 0.15) is 17.9 Å². The van der Waals surface area contributed by atoms with Gasteiger partial charge in [-0.25, -0.2) is 27.7 Å². The van der Waals surface area contributed by atoms with E-state index in [9.17, 15) is 12.8 Å². The van der Waals surface area contributed by atoms with Crippen LogP contribution in [0.1, 0.15) is 31.5 Å². The minimum atomic E-state index is -3.23. The number of nitrogens with one attached hydrogen (secondary N) is 2. The SMILES string of the molecule is C[C@H](Nc1ncnc2nc(F)[nH]c12)c1cc2cccc(Cl)c2c(OC2CCN(S(C)(=O)=O)CC2)n1. The normalized spacial score (nSPS) is 16.6. The van der Waals surface area contributed by atoms with Gasteiger partial charge in [-0.05, 0) is 37.3 Å². The molecule has 0 aliphatic carbocycles. The lowest BCUT2D eigenvalue weighted by molar-refractivity contribution is 0.132. The van der Waals surface area contributed by atoms with Crippen molar-refractivity contribution in [3.05, 3.63) is 47.4 Å². The van der Waals surface area contributed by atoms with Gasteiger partial charge in [0, 0.05) is 13.1 Å². The molecule has 10 nitrogen and oxygen atoms in total. The van der Waals surface area contributed by atoms with Crippen molar-refractivity contribution in [2.24, 2.45) is 0 Å². The van der Waals surface area contributed by atoms with Crippen molar-refractivity contribution >= 4 is 49.4 Å². The van der Waals surface area contributed by atoms with Crippen LogP contribution >= 0.6 is 11.6 Å². The summed E-state index contributed by atoms with van der Waals surface area (Å²) in [6, 6.07) is 7.12. The van der Waals surface area contributed by atoms with E-state index in [1.54, 1.807) is 6.07 Å². The minimum Gasteiger partial charge on any atom is -0.474 e.